The van der Waals surface area contributed by atoms with Crippen LogP contribution < -0.4 is 0 Å². The van der Waals surface area contributed by atoms with E-state index in [0.29, 0.717) is 0 Å². The van der Waals surface area contributed by atoms with E-state index in [4.69, 9.17) is 0 Å². The third kappa shape index (κ3) is 0.956. The summed E-state index contributed by atoms with van der Waals surface area (Å²) in [6, 6.07) is 10.0. The summed E-state index contributed by atoms with van der Waals surface area (Å²) in [7, 11) is 0. The molecule has 0 aliphatic heterocycles. The van der Waals surface area contributed by atoms with Crippen molar-refractivity contribution in [3.05, 3.63) is 42.9 Å². The van der Waals surface area contributed by atoms with Crippen LogP contribution in [0.5, 0.6) is 0 Å². The van der Waals surface area contributed by atoms with Gasteiger partial charge in [0.1, 0.15) is 0 Å². The van der Waals surface area contributed by atoms with Crippen LogP contribution in [-0.4, -0.2) is 15.0 Å². The van der Waals surface area contributed by atoms with Gasteiger partial charge in [-0.2, -0.15) is 0 Å². The Kier molecular flexibility index (Phi) is 1.44. The molecule has 2 heterocycles. The molecule has 0 atom stereocenters. The van der Waals surface area contributed by atoms with E-state index in [1.807, 2.05) is 36.5 Å². The van der Waals surface area contributed by atoms with Gasteiger partial charge in [0.05, 0.1) is 11.0 Å². The molecule has 14 heavy (non-hydrogen) atoms. The van der Waals surface area contributed by atoms with Crippen LogP contribution in [0.25, 0.3) is 22.3 Å². The van der Waals surface area contributed by atoms with E-state index >= 15 is 0 Å². The molecule has 1 aromatic carbocycles. The standard InChI is InChI=1S/C11H8N3/c1-3-8(9-5-2-6-12-9)11-10(4-1)13-7-14-11/h1-6,12H,(H,13,14). The maximum absolute atomic E-state index is 4.17. The Morgan fingerprint density at radius 1 is 1.14 bits per heavy atom. The summed E-state index contributed by atoms with van der Waals surface area (Å²) in [5, 5.41) is 0. The highest BCUT2D eigenvalue weighted by atomic mass is 14.9. The largest absolute Gasteiger partial charge is 0.361 e. The van der Waals surface area contributed by atoms with Crippen LogP contribution in [0.4, 0.5) is 0 Å². The molecule has 0 aliphatic rings. The molecule has 0 amide bonds. The van der Waals surface area contributed by atoms with Crippen LogP contribution in [0.1, 0.15) is 0 Å². The highest BCUT2D eigenvalue weighted by Gasteiger charge is 2.05. The van der Waals surface area contributed by atoms with Gasteiger partial charge < -0.3 is 9.97 Å². The first-order valence-corrected chi connectivity index (χ1v) is 4.44. The number of benzene rings is 1. The predicted molar refractivity (Wildman–Crippen MR) is 54.7 cm³/mol. The zero-order chi connectivity index (χ0) is 9.38. The summed E-state index contributed by atoms with van der Waals surface area (Å²) in [5.41, 5.74) is 4.15. The molecule has 0 spiro atoms. The van der Waals surface area contributed by atoms with E-state index in [2.05, 4.69) is 21.3 Å². The molecule has 67 valence electrons. The van der Waals surface area contributed by atoms with E-state index < -0.39 is 0 Å². The Morgan fingerprint density at radius 2 is 2.14 bits per heavy atom. The molecular formula is C11H8N3. The molecule has 0 saturated heterocycles. The van der Waals surface area contributed by atoms with Crippen LogP contribution in [0.2, 0.25) is 0 Å². The van der Waals surface area contributed by atoms with Crippen molar-refractivity contribution in [2.45, 2.75) is 0 Å². The Bertz CT molecular complexity index is 549. The number of nitrogens with zero attached hydrogens (tertiary/aromatic N) is 1. The van der Waals surface area contributed by atoms with Crippen molar-refractivity contribution in [2.75, 3.05) is 0 Å². The summed E-state index contributed by atoms with van der Waals surface area (Å²) < 4.78 is 0. The van der Waals surface area contributed by atoms with Crippen molar-refractivity contribution in [2.24, 2.45) is 0 Å². The minimum atomic E-state index is 0.954. The number of H-pyrrole nitrogens is 2. The molecule has 2 N–H and O–H groups in total. The lowest BCUT2D eigenvalue weighted by Crippen LogP contribution is -1.79. The fraction of sp³-hybridized carbons (Fsp3) is 0. The lowest BCUT2D eigenvalue weighted by molar-refractivity contribution is 1.32. The number of hydrogen-bond acceptors (Lipinski definition) is 1. The predicted octanol–water partition coefficient (Wildman–Crippen LogP) is 2.36. The van der Waals surface area contributed by atoms with Gasteiger partial charge in [-0.05, 0) is 18.2 Å². The first-order valence-electron chi connectivity index (χ1n) is 4.44. The minimum absolute atomic E-state index is 0.954. The third-order valence-corrected chi connectivity index (χ3v) is 2.28. The van der Waals surface area contributed by atoms with E-state index in [1.54, 1.807) is 0 Å². The van der Waals surface area contributed by atoms with Gasteiger partial charge in [0.2, 0.25) is 0 Å². The fourth-order valence-electron chi connectivity index (χ4n) is 1.62. The number of fused-ring (bicyclic) bond motifs is 1. The topological polar surface area (TPSA) is 44.5 Å². The second kappa shape index (κ2) is 2.73. The van der Waals surface area contributed by atoms with Gasteiger partial charge >= 0.3 is 0 Å². The zero-order valence-electron chi connectivity index (χ0n) is 7.41. The van der Waals surface area contributed by atoms with Crippen molar-refractivity contribution < 1.29 is 0 Å². The Morgan fingerprint density at radius 3 is 3.00 bits per heavy atom. The molecular weight excluding hydrogens is 174 g/mol. The lowest BCUT2D eigenvalue weighted by Gasteiger charge is -1.98. The second-order valence-electron chi connectivity index (χ2n) is 3.13. The maximum atomic E-state index is 4.17. The monoisotopic (exact) mass is 182 g/mol. The molecule has 1 radical (unpaired) electrons. The Hall–Kier alpha value is -2.03. The van der Waals surface area contributed by atoms with Gasteiger partial charge in [-0.25, -0.2) is 4.98 Å². The quantitative estimate of drug-likeness (QED) is 0.596. The average Bonchev–Trinajstić information content (AvgIpc) is 2.88. The summed E-state index contributed by atoms with van der Waals surface area (Å²) in [6.45, 7) is 0. The molecule has 0 aliphatic carbocycles. The lowest BCUT2D eigenvalue weighted by atomic mass is 10.1. The van der Waals surface area contributed by atoms with E-state index in [-0.39, 0.29) is 0 Å². The molecule has 3 nitrogen and oxygen atoms in total. The van der Waals surface area contributed by atoms with Gasteiger partial charge in [0.25, 0.3) is 0 Å². The van der Waals surface area contributed by atoms with Gasteiger partial charge in [0, 0.05) is 17.5 Å². The first kappa shape index (κ1) is 7.38. The second-order valence-corrected chi connectivity index (χ2v) is 3.13. The molecule has 0 saturated carbocycles. The van der Waals surface area contributed by atoms with Crippen LogP contribution in [0, 0.1) is 6.33 Å². The minimum Gasteiger partial charge on any atom is -0.361 e. The number of hydrogen-bond donors (Lipinski definition) is 2. The summed E-state index contributed by atoms with van der Waals surface area (Å²) in [5.74, 6) is 0. The van der Waals surface area contributed by atoms with Crippen molar-refractivity contribution in [3.63, 3.8) is 0 Å². The van der Waals surface area contributed by atoms with Crippen molar-refractivity contribution in [1.82, 2.24) is 15.0 Å². The molecule has 0 unspecified atom stereocenters. The molecule has 3 aromatic rings. The number of aromatic nitrogens is 3. The van der Waals surface area contributed by atoms with Gasteiger partial charge in [-0.15, -0.1) is 0 Å². The van der Waals surface area contributed by atoms with Crippen molar-refractivity contribution >= 4 is 11.0 Å². The van der Waals surface area contributed by atoms with Crippen molar-refractivity contribution in [1.29, 1.82) is 0 Å². The molecule has 2 aromatic heterocycles. The van der Waals surface area contributed by atoms with E-state index in [0.717, 1.165) is 22.3 Å². The number of rotatable bonds is 1. The smallest absolute Gasteiger partial charge is 0.174 e. The number of para-hydroxylation sites is 1. The zero-order valence-corrected chi connectivity index (χ0v) is 7.41. The summed E-state index contributed by atoms with van der Waals surface area (Å²) in [4.78, 5) is 10.3. The summed E-state index contributed by atoms with van der Waals surface area (Å²) in [6.07, 6.45) is 4.66. The Balaban J connectivity index is 2.36. The Labute approximate surface area is 80.8 Å². The SMILES string of the molecule is [c]1nc2c(-c3ccc[nH]3)cccc2[nH]1. The summed E-state index contributed by atoms with van der Waals surface area (Å²) >= 11 is 0. The molecule has 3 rings (SSSR count). The van der Waals surface area contributed by atoms with Crippen LogP contribution >= 0.6 is 0 Å². The van der Waals surface area contributed by atoms with E-state index in [1.165, 1.54) is 0 Å². The van der Waals surface area contributed by atoms with Crippen LogP contribution in [0.3, 0.4) is 0 Å². The van der Waals surface area contributed by atoms with Gasteiger partial charge in [-0.1, -0.05) is 12.1 Å². The molecule has 0 fully saturated rings. The van der Waals surface area contributed by atoms with Crippen LogP contribution in [-0.2, 0) is 0 Å². The average molecular weight is 182 g/mol. The molecule has 3 heteroatoms. The van der Waals surface area contributed by atoms with Crippen LogP contribution in [0.15, 0.2) is 36.5 Å². The van der Waals surface area contributed by atoms with Crippen molar-refractivity contribution in [3.8, 4) is 11.3 Å². The van der Waals surface area contributed by atoms with Gasteiger partial charge in [0.15, 0.2) is 6.33 Å². The number of nitrogens with one attached hydrogen (secondary N) is 2. The first-order chi connectivity index (χ1) is 6.95. The third-order valence-electron chi connectivity index (χ3n) is 2.28. The number of aromatic amines is 2. The normalized spacial score (nSPS) is 10.9. The fourth-order valence-corrected chi connectivity index (χ4v) is 1.62. The highest BCUT2D eigenvalue weighted by Crippen LogP contribution is 2.24. The highest BCUT2D eigenvalue weighted by molar-refractivity contribution is 5.90. The van der Waals surface area contributed by atoms with Gasteiger partial charge in [-0.3, -0.25) is 0 Å². The van der Waals surface area contributed by atoms with E-state index in [9.17, 15) is 0 Å². The number of imidazole rings is 1. The molecule has 0 bridgehead atoms. The maximum Gasteiger partial charge on any atom is 0.174 e.